The van der Waals surface area contributed by atoms with E-state index >= 15 is 0 Å². The zero-order chi connectivity index (χ0) is 28.6. The molecule has 0 aliphatic carbocycles. The molecule has 0 saturated heterocycles. The first-order chi connectivity index (χ1) is 18.6. The lowest BCUT2D eigenvalue weighted by molar-refractivity contribution is 0.212. The number of nitrogen functional groups attached to an aromatic ring is 1. The Morgan fingerprint density at radius 1 is 1.23 bits per heavy atom. The van der Waals surface area contributed by atoms with E-state index in [2.05, 4.69) is 45.6 Å². The summed E-state index contributed by atoms with van der Waals surface area (Å²) in [7, 11) is 6.05. The summed E-state index contributed by atoms with van der Waals surface area (Å²) < 4.78 is 1.77. The zero-order valence-corrected chi connectivity index (χ0v) is 24.1. The first kappa shape index (κ1) is 30.2. The molecule has 0 radical (unpaired) electrons. The van der Waals surface area contributed by atoms with Gasteiger partial charge in [0.1, 0.15) is 5.52 Å². The van der Waals surface area contributed by atoms with Crippen LogP contribution in [0.25, 0.3) is 22.2 Å². The predicted octanol–water partition coefficient (Wildman–Crippen LogP) is 3.36. The van der Waals surface area contributed by atoms with Crippen LogP contribution in [0.2, 0.25) is 0 Å². The van der Waals surface area contributed by atoms with Gasteiger partial charge in [0.05, 0.1) is 17.7 Å². The van der Waals surface area contributed by atoms with Gasteiger partial charge in [0.15, 0.2) is 5.82 Å². The van der Waals surface area contributed by atoms with Crippen LogP contribution in [0.4, 0.5) is 11.8 Å². The summed E-state index contributed by atoms with van der Waals surface area (Å²) in [6.07, 6.45) is 9.24. The number of aromatic nitrogens is 4. The molecule has 10 heteroatoms. The Balaban J connectivity index is 2.07. The van der Waals surface area contributed by atoms with Crippen molar-refractivity contribution in [2.75, 3.05) is 51.9 Å². The number of aliphatic hydroxyl groups excluding tert-OH is 1. The highest BCUT2D eigenvalue weighted by Gasteiger charge is 2.25. The third-order valence-corrected chi connectivity index (χ3v) is 6.87. The van der Waals surface area contributed by atoms with Crippen molar-refractivity contribution in [2.45, 2.75) is 58.2 Å². The Hall–Kier alpha value is -3.34. The molecule has 0 spiro atoms. The van der Waals surface area contributed by atoms with Gasteiger partial charge in [0.2, 0.25) is 5.95 Å². The summed E-state index contributed by atoms with van der Waals surface area (Å²) in [6, 6.07) is 3.59. The number of aliphatic hydroxyl groups is 1. The molecule has 212 valence electrons. The summed E-state index contributed by atoms with van der Waals surface area (Å²) in [5.41, 5.74) is 9.22. The van der Waals surface area contributed by atoms with Crippen molar-refractivity contribution >= 4 is 22.8 Å². The first-order valence-electron chi connectivity index (χ1n) is 13.6. The molecule has 3 rings (SSSR count). The number of likely N-dealkylation sites (N-methyl/N-ethyl adjacent to an activating group) is 1. The van der Waals surface area contributed by atoms with Crippen molar-refractivity contribution in [3.05, 3.63) is 53.1 Å². The van der Waals surface area contributed by atoms with E-state index in [1.54, 1.807) is 16.8 Å². The number of hydrogen-bond donors (Lipinski definition) is 3. The Morgan fingerprint density at radius 2 is 2.00 bits per heavy atom. The SMILES string of the molecule is C=CCCN(C)Cc1cn(CCN(C)C)c(=O)cc1-c1cnc2c(N[C@@](C)(CO)CCCC)nc(N)nc2c1. The topological polar surface area (TPSA) is 125 Å². The Morgan fingerprint density at radius 3 is 2.67 bits per heavy atom. The fourth-order valence-corrected chi connectivity index (χ4v) is 4.48. The second-order valence-electron chi connectivity index (χ2n) is 10.8. The van der Waals surface area contributed by atoms with Crippen molar-refractivity contribution in [3.8, 4) is 11.1 Å². The molecule has 3 heterocycles. The number of hydrogen-bond acceptors (Lipinski definition) is 9. The molecule has 1 atom stereocenters. The fourth-order valence-electron chi connectivity index (χ4n) is 4.48. The number of nitrogens with two attached hydrogens (primary N) is 1. The molecule has 0 aromatic carbocycles. The van der Waals surface area contributed by atoms with Gasteiger partial charge in [-0.05, 0) is 58.1 Å². The molecular weight excluding hydrogens is 492 g/mol. The van der Waals surface area contributed by atoms with Crippen LogP contribution in [0.3, 0.4) is 0 Å². The van der Waals surface area contributed by atoms with Crippen LogP contribution in [0.15, 0.2) is 42.0 Å². The lowest BCUT2D eigenvalue weighted by Gasteiger charge is -2.29. The smallest absolute Gasteiger partial charge is 0.251 e. The minimum Gasteiger partial charge on any atom is -0.394 e. The largest absolute Gasteiger partial charge is 0.394 e. The molecule has 3 aromatic heterocycles. The quantitative estimate of drug-likeness (QED) is 0.251. The van der Waals surface area contributed by atoms with Gasteiger partial charge in [0, 0.05) is 50.2 Å². The van der Waals surface area contributed by atoms with E-state index in [1.165, 1.54) is 0 Å². The van der Waals surface area contributed by atoms with Crippen LogP contribution < -0.4 is 16.6 Å². The van der Waals surface area contributed by atoms with Gasteiger partial charge in [-0.25, -0.2) is 4.98 Å². The van der Waals surface area contributed by atoms with Crippen LogP contribution >= 0.6 is 0 Å². The molecule has 0 unspecified atom stereocenters. The van der Waals surface area contributed by atoms with Gasteiger partial charge >= 0.3 is 0 Å². The molecular formula is C29H44N8O2. The molecule has 0 saturated carbocycles. The van der Waals surface area contributed by atoms with E-state index in [0.29, 0.717) is 29.9 Å². The maximum Gasteiger partial charge on any atom is 0.251 e. The molecule has 0 aliphatic rings. The second-order valence-corrected chi connectivity index (χ2v) is 10.8. The second kappa shape index (κ2) is 13.6. The maximum atomic E-state index is 13.1. The lowest BCUT2D eigenvalue weighted by atomic mass is 9.96. The van der Waals surface area contributed by atoms with E-state index in [1.807, 2.05) is 39.4 Å². The standard InChI is InChI=1S/C29H44N8O2/c1-7-9-11-29(3,20-38)34-27-26-24(32-28(30)33-27)15-21(17-31-26)23-16-25(39)37(14-13-35(4)5)19-22(23)18-36(6)12-10-8-2/h8,15-17,19,38H,2,7,9-14,18,20H2,1,3-6H3,(H3,30,32,33,34)/t29-/m1/s1. The van der Waals surface area contributed by atoms with Crippen molar-refractivity contribution in [1.82, 2.24) is 29.3 Å². The third-order valence-electron chi connectivity index (χ3n) is 6.87. The summed E-state index contributed by atoms with van der Waals surface area (Å²) in [5.74, 6) is 0.600. The number of nitrogens with zero attached hydrogens (tertiary/aromatic N) is 6. The van der Waals surface area contributed by atoms with E-state index in [-0.39, 0.29) is 18.1 Å². The van der Waals surface area contributed by atoms with E-state index in [0.717, 1.165) is 55.5 Å². The highest BCUT2D eigenvalue weighted by molar-refractivity contribution is 5.89. The van der Waals surface area contributed by atoms with Crippen LogP contribution in [-0.4, -0.2) is 80.8 Å². The number of unbranched alkanes of at least 4 members (excludes halogenated alkanes) is 1. The summed E-state index contributed by atoms with van der Waals surface area (Å²) in [4.78, 5) is 30.9. The van der Waals surface area contributed by atoms with Gasteiger partial charge in [-0.15, -0.1) is 6.58 Å². The molecule has 0 bridgehead atoms. The molecule has 10 nitrogen and oxygen atoms in total. The number of pyridine rings is 2. The number of rotatable bonds is 15. The average Bonchev–Trinajstić information content (AvgIpc) is 2.90. The summed E-state index contributed by atoms with van der Waals surface area (Å²) in [6.45, 7) is 10.7. The maximum absolute atomic E-state index is 13.1. The first-order valence-corrected chi connectivity index (χ1v) is 13.6. The monoisotopic (exact) mass is 536 g/mol. The Labute approximate surface area is 231 Å². The number of fused-ring (bicyclic) bond motifs is 1. The number of nitrogens with one attached hydrogen (secondary N) is 1. The van der Waals surface area contributed by atoms with Crippen LogP contribution in [0, 0.1) is 0 Å². The van der Waals surface area contributed by atoms with Crippen molar-refractivity contribution in [3.63, 3.8) is 0 Å². The highest BCUT2D eigenvalue weighted by Crippen LogP contribution is 2.29. The molecule has 0 fully saturated rings. The minimum absolute atomic E-state index is 0.0523. The van der Waals surface area contributed by atoms with E-state index in [4.69, 9.17) is 10.7 Å². The predicted molar refractivity (Wildman–Crippen MR) is 160 cm³/mol. The van der Waals surface area contributed by atoms with Crippen molar-refractivity contribution in [1.29, 1.82) is 0 Å². The number of anilines is 2. The molecule has 0 aliphatic heterocycles. The minimum atomic E-state index is -0.565. The average molecular weight is 537 g/mol. The normalized spacial score (nSPS) is 13.2. The van der Waals surface area contributed by atoms with Gasteiger partial charge in [-0.1, -0.05) is 25.8 Å². The Bertz CT molecular complexity index is 1320. The van der Waals surface area contributed by atoms with Crippen LogP contribution in [0.5, 0.6) is 0 Å². The lowest BCUT2D eigenvalue weighted by Crippen LogP contribution is -2.39. The summed E-state index contributed by atoms with van der Waals surface area (Å²) in [5, 5.41) is 13.4. The van der Waals surface area contributed by atoms with Gasteiger partial charge < -0.3 is 30.5 Å². The van der Waals surface area contributed by atoms with Gasteiger partial charge in [-0.3, -0.25) is 9.78 Å². The molecule has 39 heavy (non-hydrogen) atoms. The molecule has 3 aromatic rings. The molecule has 0 amide bonds. The van der Waals surface area contributed by atoms with Crippen LogP contribution in [-0.2, 0) is 13.1 Å². The van der Waals surface area contributed by atoms with Gasteiger partial charge in [-0.2, -0.15) is 4.98 Å². The van der Waals surface area contributed by atoms with E-state index in [9.17, 15) is 9.90 Å². The molecule has 4 N–H and O–H groups in total. The summed E-state index contributed by atoms with van der Waals surface area (Å²) >= 11 is 0. The zero-order valence-electron chi connectivity index (χ0n) is 24.1. The highest BCUT2D eigenvalue weighted by atomic mass is 16.3. The third kappa shape index (κ3) is 8.08. The van der Waals surface area contributed by atoms with Crippen molar-refractivity contribution < 1.29 is 5.11 Å². The Kier molecular flexibility index (Phi) is 10.6. The van der Waals surface area contributed by atoms with Crippen LogP contribution in [0.1, 0.15) is 45.1 Å². The van der Waals surface area contributed by atoms with Gasteiger partial charge in [0.25, 0.3) is 5.56 Å². The van der Waals surface area contributed by atoms with E-state index < -0.39 is 5.54 Å². The van der Waals surface area contributed by atoms with Crippen molar-refractivity contribution in [2.24, 2.45) is 0 Å². The fraction of sp³-hybridized carbons (Fsp3) is 0.517.